The average molecular weight is 222 g/mol. The van der Waals surface area contributed by atoms with Crippen molar-refractivity contribution >= 4 is 0 Å². The van der Waals surface area contributed by atoms with Crippen LogP contribution in [0.15, 0.2) is 0 Å². The van der Waals surface area contributed by atoms with Gasteiger partial charge in [-0.15, -0.1) is 20.2 Å². The maximum atomic E-state index is 9.96. The molecule has 2 unspecified atom stereocenters. The van der Waals surface area contributed by atoms with Crippen LogP contribution in [0.25, 0.3) is 0 Å². The van der Waals surface area contributed by atoms with Crippen LogP contribution in [0.1, 0.15) is 26.7 Å². The van der Waals surface area contributed by atoms with Gasteiger partial charge in [0.05, 0.1) is 6.61 Å². The summed E-state index contributed by atoms with van der Waals surface area (Å²) in [5.41, 5.74) is 0. The first-order valence-electron chi connectivity index (χ1n) is 4.50. The molecule has 88 valence electrons. The fraction of sp³-hybridized carbons (Fsp3) is 1.00. The van der Waals surface area contributed by atoms with Gasteiger partial charge in [-0.1, -0.05) is 6.92 Å². The highest BCUT2D eigenvalue weighted by Crippen LogP contribution is 2.12. The van der Waals surface area contributed by atoms with E-state index in [9.17, 15) is 20.2 Å². The average Bonchev–Trinajstić information content (AvgIpc) is 2.00. The van der Waals surface area contributed by atoms with Crippen LogP contribution < -0.4 is 0 Å². The molecule has 15 heavy (non-hydrogen) atoms. The van der Waals surface area contributed by atoms with Gasteiger partial charge in [-0.25, -0.2) is 0 Å². The Hall–Kier alpha value is -1.60. The van der Waals surface area contributed by atoms with Crippen LogP contribution >= 0.6 is 0 Å². The van der Waals surface area contributed by atoms with E-state index in [4.69, 9.17) is 0 Å². The molecule has 8 heteroatoms. The number of rotatable bonds is 8. The molecule has 0 aliphatic heterocycles. The Kier molecular flexibility index (Phi) is 6.07. The van der Waals surface area contributed by atoms with E-state index in [1.165, 1.54) is 0 Å². The largest absolute Gasteiger partial charge is 0.314 e. The van der Waals surface area contributed by atoms with Gasteiger partial charge < -0.3 is 9.68 Å². The van der Waals surface area contributed by atoms with E-state index >= 15 is 0 Å². The van der Waals surface area contributed by atoms with Crippen molar-refractivity contribution in [3.63, 3.8) is 0 Å². The first kappa shape index (κ1) is 13.4. The zero-order valence-corrected chi connectivity index (χ0v) is 8.62. The molecule has 0 fully saturated rings. The Balaban J connectivity index is 3.59. The lowest BCUT2D eigenvalue weighted by molar-refractivity contribution is -0.768. The summed E-state index contributed by atoms with van der Waals surface area (Å²) in [6.07, 6.45) is 0.416. The quantitative estimate of drug-likeness (QED) is 0.451. The van der Waals surface area contributed by atoms with Crippen molar-refractivity contribution in [2.24, 2.45) is 5.92 Å². The first-order chi connectivity index (χ1) is 6.91. The predicted octanol–water partition coefficient (Wildman–Crippen LogP) is 1.21. The molecule has 0 bridgehead atoms. The van der Waals surface area contributed by atoms with Gasteiger partial charge in [0.2, 0.25) is 0 Å². The fourth-order valence-corrected chi connectivity index (χ4v) is 1.20. The van der Waals surface area contributed by atoms with Crippen molar-refractivity contribution in [1.29, 1.82) is 0 Å². The number of nitrogens with zero attached hydrogens (tertiary/aromatic N) is 2. The second-order valence-corrected chi connectivity index (χ2v) is 3.33. The zero-order valence-electron chi connectivity index (χ0n) is 8.62. The highest BCUT2D eigenvalue weighted by atomic mass is 17.0. The molecule has 0 radical (unpaired) electrons. The second-order valence-electron chi connectivity index (χ2n) is 3.33. The van der Waals surface area contributed by atoms with Crippen LogP contribution in [0.3, 0.4) is 0 Å². The maximum absolute atomic E-state index is 9.96. The predicted molar refractivity (Wildman–Crippen MR) is 48.9 cm³/mol. The minimum atomic E-state index is -0.857. The molecule has 0 aromatic rings. The highest BCUT2D eigenvalue weighted by Gasteiger charge is 2.12. The standard InChI is InChI=1S/C7H14N2O6/c1-6(3-4-14-8(10)11)5-7(2)15-9(12)13/h6-7H,3-5H2,1-2H3. The van der Waals surface area contributed by atoms with E-state index in [1.54, 1.807) is 6.92 Å². The smallest absolute Gasteiger partial charge is 0.294 e. The third-order valence-corrected chi connectivity index (χ3v) is 1.81. The molecule has 0 aromatic heterocycles. The number of hydrogen-bond donors (Lipinski definition) is 0. The van der Waals surface area contributed by atoms with Gasteiger partial charge in [0.25, 0.3) is 10.2 Å². The van der Waals surface area contributed by atoms with Gasteiger partial charge in [-0.05, 0) is 25.7 Å². The van der Waals surface area contributed by atoms with E-state index in [1.807, 2.05) is 6.92 Å². The Labute approximate surface area is 86.4 Å². The van der Waals surface area contributed by atoms with Crippen molar-refractivity contribution in [2.45, 2.75) is 32.8 Å². The minimum absolute atomic E-state index is 0.000644. The molecular formula is C7H14N2O6. The lowest BCUT2D eigenvalue weighted by atomic mass is 10.0. The molecular weight excluding hydrogens is 208 g/mol. The topological polar surface area (TPSA) is 105 Å². The summed E-state index contributed by atoms with van der Waals surface area (Å²) >= 11 is 0. The lowest BCUT2D eigenvalue weighted by Gasteiger charge is -2.14. The van der Waals surface area contributed by atoms with Gasteiger partial charge in [0.1, 0.15) is 6.10 Å². The van der Waals surface area contributed by atoms with Crippen molar-refractivity contribution in [1.82, 2.24) is 0 Å². The van der Waals surface area contributed by atoms with Crippen molar-refractivity contribution < 1.29 is 19.8 Å². The van der Waals surface area contributed by atoms with Crippen molar-refractivity contribution in [2.75, 3.05) is 6.61 Å². The van der Waals surface area contributed by atoms with Crippen LogP contribution in [0.5, 0.6) is 0 Å². The van der Waals surface area contributed by atoms with Gasteiger partial charge in [0.15, 0.2) is 0 Å². The van der Waals surface area contributed by atoms with Gasteiger partial charge in [-0.2, -0.15) is 0 Å². The maximum Gasteiger partial charge on any atom is 0.294 e. The van der Waals surface area contributed by atoms with E-state index in [0.29, 0.717) is 12.8 Å². The summed E-state index contributed by atoms with van der Waals surface area (Å²) in [5.74, 6) is 0.0694. The van der Waals surface area contributed by atoms with E-state index < -0.39 is 16.3 Å². The molecule has 0 aliphatic rings. The molecule has 0 saturated carbocycles. The molecule has 2 atom stereocenters. The molecule has 0 rings (SSSR count). The third kappa shape index (κ3) is 8.72. The molecule has 0 aromatic carbocycles. The Morgan fingerprint density at radius 3 is 2.27 bits per heavy atom. The van der Waals surface area contributed by atoms with Crippen LogP contribution in [0.2, 0.25) is 0 Å². The molecule has 0 saturated heterocycles. The van der Waals surface area contributed by atoms with Gasteiger partial charge in [-0.3, -0.25) is 0 Å². The summed E-state index contributed by atoms with van der Waals surface area (Å²) in [6, 6.07) is 0. The van der Waals surface area contributed by atoms with Gasteiger partial charge >= 0.3 is 0 Å². The van der Waals surface area contributed by atoms with Crippen LogP contribution in [-0.2, 0) is 9.68 Å². The van der Waals surface area contributed by atoms with Crippen LogP contribution in [0, 0.1) is 26.1 Å². The monoisotopic (exact) mass is 222 g/mol. The van der Waals surface area contributed by atoms with E-state index in [-0.39, 0.29) is 12.5 Å². The normalized spacial score (nSPS) is 14.0. The summed E-state index contributed by atoms with van der Waals surface area (Å²) in [6.45, 7) is 3.40. The zero-order chi connectivity index (χ0) is 11.8. The molecule has 0 aliphatic carbocycles. The summed E-state index contributed by atoms with van der Waals surface area (Å²) < 4.78 is 0. The van der Waals surface area contributed by atoms with Crippen molar-refractivity contribution in [3.05, 3.63) is 20.2 Å². The van der Waals surface area contributed by atoms with Crippen molar-refractivity contribution in [3.8, 4) is 0 Å². The summed E-state index contributed by atoms with van der Waals surface area (Å²) in [7, 11) is 0. The second kappa shape index (κ2) is 6.80. The first-order valence-corrected chi connectivity index (χ1v) is 4.50. The Morgan fingerprint density at radius 1 is 1.20 bits per heavy atom. The van der Waals surface area contributed by atoms with Crippen LogP contribution in [0.4, 0.5) is 0 Å². The SMILES string of the molecule is CC(CCO[N+](=O)[O-])CC(C)O[N+](=O)[O-]. The van der Waals surface area contributed by atoms with Gasteiger partial charge in [0, 0.05) is 0 Å². The molecule has 0 amide bonds. The van der Waals surface area contributed by atoms with E-state index in [0.717, 1.165) is 0 Å². The summed E-state index contributed by atoms with van der Waals surface area (Å²) in [5, 5.41) is 18.1. The minimum Gasteiger partial charge on any atom is -0.314 e. The molecule has 8 nitrogen and oxygen atoms in total. The molecule has 0 N–H and O–H groups in total. The third-order valence-electron chi connectivity index (χ3n) is 1.81. The van der Waals surface area contributed by atoms with E-state index in [2.05, 4.69) is 9.68 Å². The molecule has 0 spiro atoms. The number of hydrogen-bond acceptors (Lipinski definition) is 6. The van der Waals surface area contributed by atoms with Crippen LogP contribution in [-0.4, -0.2) is 22.9 Å². The fourth-order valence-electron chi connectivity index (χ4n) is 1.20. The Morgan fingerprint density at radius 2 is 1.80 bits per heavy atom. The summed E-state index contributed by atoms with van der Waals surface area (Å²) in [4.78, 5) is 28.2. The lowest BCUT2D eigenvalue weighted by Crippen LogP contribution is -2.17. The molecule has 0 heterocycles. The Bertz CT molecular complexity index is 222. The highest BCUT2D eigenvalue weighted by molar-refractivity contribution is 4.57.